The minimum Gasteiger partial charge on any atom is -0.369 e. The zero-order chi connectivity index (χ0) is 16.3. The summed E-state index contributed by atoms with van der Waals surface area (Å²) in [5, 5.41) is 3.00. The summed E-state index contributed by atoms with van der Waals surface area (Å²) in [5.41, 5.74) is 0.926. The number of carbonyl (C=O) groups is 1. The lowest BCUT2D eigenvalue weighted by Gasteiger charge is -2.18. The number of aromatic nitrogens is 2. The van der Waals surface area contributed by atoms with E-state index >= 15 is 0 Å². The van der Waals surface area contributed by atoms with Gasteiger partial charge in [-0.15, -0.1) is 0 Å². The summed E-state index contributed by atoms with van der Waals surface area (Å²) in [7, 11) is -3.66. The molecule has 1 aliphatic rings. The fourth-order valence-electron chi connectivity index (χ4n) is 2.46. The summed E-state index contributed by atoms with van der Waals surface area (Å²) < 4.78 is 30.6. The van der Waals surface area contributed by atoms with Crippen LogP contribution in [0.1, 0.15) is 6.42 Å². The van der Waals surface area contributed by atoms with Gasteiger partial charge in [0, 0.05) is 36.4 Å². The summed E-state index contributed by atoms with van der Waals surface area (Å²) in [4.78, 5) is 16.6. The van der Waals surface area contributed by atoms with Crippen molar-refractivity contribution in [1.82, 2.24) is 14.7 Å². The van der Waals surface area contributed by atoms with Crippen molar-refractivity contribution in [3.05, 3.63) is 30.6 Å². The first-order valence-electron chi connectivity index (χ1n) is 6.93. The Morgan fingerprint density at radius 3 is 2.74 bits per heavy atom. The molecular formula is C13H15N5O3S2. The van der Waals surface area contributed by atoms with E-state index in [1.165, 1.54) is 6.33 Å². The van der Waals surface area contributed by atoms with E-state index in [4.69, 9.17) is 0 Å². The molecule has 1 fully saturated rings. The van der Waals surface area contributed by atoms with E-state index < -0.39 is 10.0 Å². The molecule has 0 saturated carbocycles. The second kappa shape index (κ2) is 6.50. The number of hydrogen-bond donors (Lipinski definition) is 2. The molecule has 2 N–H and O–H groups in total. The van der Waals surface area contributed by atoms with Crippen LogP contribution in [0, 0.1) is 0 Å². The highest BCUT2D eigenvalue weighted by Crippen LogP contribution is 2.23. The summed E-state index contributed by atoms with van der Waals surface area (Å²) >= 11 is 0.978. The Balaban J connectivity index is 1.71. The van der Waals surface area contributed by atoms with Crippen LogP contribution in [0.25, 0.3) is 0 Å². The third kappa shape index (κ3) is 3.59. The Bertz CT molecular complexity index is 761. The quantitative estimate of drug-likeness (QED) is 0.740. The number of rotatable bonds is 6. The predicted octanol–water partition coefficient (Wildman–Crippen LogP) is 0.664. The Hall–Kier alpha value is -2.20. The second-order valence-electron chi connectivity index (χ2n) is 5.06. The zero-order valence-corrected chi connectivity index (χ0v) is 13.7. The first kappa shape index (κ1) is 15.7. The third-order valence-electron chi connectivity index (χ3n) is 3.59. The number of sulfonamides is 1. The van der Waals surface area contributed by atoms with E-state index in [-0.39, 0.29) is 16.1 Å². The smallest absolute Gasteiger partial charge is 0.263 e. The average molecular weight is 353 g/mol. The lowest BCUT2D eigenvalue weighted by molar-refractivity contribution is -0.110. The van der Waals surface area contributed by atoms with Gasteiger partial charge < -0.3 is 10.2 Å². The van der Waals surface area contributed by atoms with Crippen molar-refractivity contribution in [3.63, 3.8) is 0 Å². The predicted molar refractivity (Wildman–Crippen MR) is 87.0 cm³/mol. The van der Waals surface area contributed by atoms with Gasteiger partial charge in [0.05, 0.1) is 4.90 Å². The molecule has 1 saturated heterocycles. The fourth-order valence-corrected chi connectivity index (χ4v) is 4.12. The Kier molecular flexibility index (Phi) is 4.44. The topological polar surface area (TPSA) is 104 Å². The van der Waals surface area contributed by atoms with E-state index in [2.05, 4.69) is 24.3 Å². The number of nitrogens with zero attached hydrogens (tertiary/aromatic N) is 3. The van der Waals surface area contributed by atoms with Crippen molar-refractivity contribution in [2.45, 2.75) is 17.4 Å². The fraction of sp³-hybridized carbons (Fsp3) is 0.308. The van der Waals surface area contributed by atoms with Crippen LogP contribution < -0.4 is 14.9 Å². The van der Waals surface area contributed by atoms with Crippen LogP contribution in [0.4, 0.5) is 10.8 Å². The molecule has 23 heavy (non-hydrogen) atoms. The maximum Gasteiger partial charge on any atom is 0.263 e. The summed E-state index contributed by atoms with van der Waals surface area (Å²) in [5.74, 6) is 0. The number of anilines is 2. The van der Waals surface area contributed by atoms with E-state index in [0.29, 0.717) is 13.0 Å². The number of hydrogen-bond acceptors (Lipinski definition) is 7. The van der Waals surface area contributed by atoms with Gasteiger partial charge in [0.1, 0.15) is 6.33 Å². The van der Waals surface area contributed by atoms with Crippen molar-refractivity contribution in [3.8, 4) is 0 Å². The average Bonchev–Trinajstić information content (AvgIpc) is 3.19. The normalized spacial score (nSPS) is 17.9. The molecule has 1 aromatic heterocycles. The van der Waals surface area contributed by atoms with Crippen LogP contribution in [0.5, 0.6) is 0 Å². The molecule has 1 aromatic carbocycles. The molecule has 1 aliphatic heterocycles. The minimum absolute atomic E-state index is 0.134. The van der Waals surface area contributed by atoms with Crippen molar-refractivity contribution in [1.29, 1.82) is 0 Å². The SMILES string of the molecule is O=CN[C@H]1CCN(c2ccc(S(=O)(=O)Nc3ncns3)cc2)C1. The first-order valence-corrected chi connectivity index (χ1v) is 9.18. The molecule has 122 valence electrons. The van der Waals surface area contributed by atoms with Crippen LogP contribution in [-0.4, -0.2) is 43.3 Å². The highest BCUT2D eigenvalue weighted by Gasteiger charge is 2.23. The Labute approximate surface area is 137 Å². The van der Waals surface area contributed by atoms with Gasteiger partial charge in [0.15, 0.2) is 0 Å². The standard InChI is InChI=1S/C13H15N5O3S2/c19-9-15-10-5-6-18(7-10)11-1-3-12(4-2-11)23(20,21)17-13-14-8-16-22-13/h1-4,8-10H,5-7H2,(H,15,19)(H,14,16,17)/t10-/m0/s1. The molecule has 10 heteroatoms. The van der Waals surface area contributed by atoms with Gasteiger partial charge in [-0.1, -0.05) is 0 Å². The van der Waals surface area contributed by atoms with Crippen molar-refractivity contribution in [2.75, 3.05) is 22.7 Å². The lowest BCUT2D eigenvalue weighted by Crippen LogP contribution is -2.31. The highest BCUT2D eigenvalue weighted by molar-refractivity contribution is 7.93. The molecule has 3 rings (SSSR count). The molecule has 0 bridgehead atoms. The summed E-state index contributed by atoms with van der Waals surface area (Å²) in [6.07, 6.45) is 2.88. The van der Waals surface area contributed by atoms with E-state index in [0.717, 1.165) is 30.2 Å². The van der Waals surface area contributed by atoms with Crippen molar-refractivity contribution in [2.24, 2.45) is 0 Å². The second-order valence-corrected chi connectivity index (χ2v) is 7.52. The van der Waals surface area contributed by atoms with Crippen LogP contribution in [-0.2, 0) is 14.8 Å². The minimum atomic E-state index is -3.66. The van der Waals surface area contributed by atoms with Gasteiger partial charge in [0.25, 0.3) is 10.0 Å². The molecule has 0 unspecified atom stereocenters. The number of amides is 1. The molecule has 0 spiro atoms. The van der Waals surface area contributed by atoms with Gasteiger partial charge in [-0.3, -0.25) is 9.52 Å². The molecule has 2 aromatic rings. The maximum atomic E-state index is 12.2. The molecule has 8 nitrogen and oxygen atoms in total. The van der Waals surface area contributed by atoms with E-state index in [1.54, 1.807) is 24.3 Å². The number of benzene rings is 1. The van der Waals surface area contributed by atoms with Crippen LogP contribution in [0.2, 0.25) is 0 Å². The van der Waals surface area contributed by atoms with Gasteiger partial charge >= 0.3 is 0 Å². The van der Waals surface area contributed by atoms with Crippen molar-refractivity contribution >= 4 is 38.8 Å². The van der Waals surface area contributed by atoms with Gasteiger partial charge in [0.2, 0.25) is 11.5 Å². The molecule has 1 atom stereocenters. The largest absolute Gasteiger partial charge is 0.369 e. The number of carbonyl (C=O) groups excluding carboxylic acids is 1. The lowest BCUT2D eigenvalue weighted by atomic mass is 10.3. The Morgan fingerprint density at radius 2 is 2.09 bits per heavy atom. The maximum absolute atomic E-state index is 12.2. The summed E-state index contributed by atoms with van der Waals surface area (Å²) in [6, 6.07) is 6.77. The number of nitrogens with one attached hydrogen (secondary N) is 2. The van der Waals surface area contributed by atoms with E-state index in [9.17, 15) is 13.2 Å². The third-order valence-corrected chi connectivity index (χ3v) is 5.65. The van der Waals surface area contributed by atoms with Gasteiger partial charge in [-0.2, -0.15) is 4.37 Å². The first-order chi connectivity index (χ1) is 11.1. The van der Waals surface area contributed by atoms with Crippen LogP contribution in [0.15, 0.2) is 35.5 Å². The molecule has 0 radical (unpaired) electrons. The van der Waals surface area contributed by atoms with Crippen molar-refractivity contribution < 1.29 is 13.2 Å². The molecule has 2 heterocycles. The van der Waals surface area contributed by atoms with Crippen LogP contribution in [0.3, 0.4) is 0 Å². The molecule has 1 amide bonds. The highest BCUT2D eigenvalue weighted by atomic mass is 32.2. The zero-order valence-electron chi connectivity index (χ0n) is 12.0. The monoisotopic (exact) mass is 353 g/mol. The summed E-state index contributed by atoms with van der Waals surface area (Å²) in [6.45, 7) is 1.54. The molecule has 0 aliphatic carbocycles. The molecular weight excluding hydrogens is 338 g/mol. The van der Waals surface area contributed by atoms with Crippen LogP contribution >= 0.6 is 11.5 Å². The van der Waals surface area contributed by atoms with Gasteiger partial charge in [-0.05, 0) is 30.7 Å². The Morgan fingerprint density at radius 1 is 1.30 bits per heavy atom. The van der Waals surface area contributed by atoms with E-state index in [1.807, 2.05) is 0 Å². The van der Waals surface area contributed by atoms with Gasteiger partial charge in [-0.25, -0.2) is 13.4 Å².